The fraction of sp³-hybridized carbons (Fsp3) is 0.833. The predicted molar refractivity (Wildman–Crippen MR) is 68.7 cm³/mol. The normalized spacial score (nSPS) is 13.6. The Hall–Kier alpha value is -0.781. The first-order valence-electron chi connectivity index (χ1n) is 6.42. The molecule has 0 radical (unpaired) electrons. The summed E-state index contributed by atoms with van der Waals surface area (Å²) in [4.78, 5) is 22.6. The van der Waals surface area contributed by atoms with Gasteiger partial charge in [0.1, 0.15) is 0 Å². The average molecular weight is 341 g/mol. The molecule has 0 fully saturated rings. The van der Waals surface area contributed by atoms with Crippen molar-refractivity contribution < 1.29 is 27.1 Å². The molecular weight excluding hydrogens is 319 g/mol. The Bertz CT molecular complexity index is 305. The molecule has 7 heteroatoms. The second-order valence-corrected chi connectivity index (χ2v) is 6.31. The molecule has 6 nitrogen and oxygen atoms in total. The van der Waals surface area contributed by atoms with E-state index in [2.05, 4.69) is 0 Å². The Kier molecular flexibility index (Phi) is 10.6. The van der Waals surface area contributed by atoms with Crippen LogP contribution in [-0.4, -0.2) is 43.0 Å². The van der Waals surface area contributed by atoms with E-state index >= 15 is 0 Å². The molecule has 0 aromatic carbocycles. The van der Waals surface area contributed by atoms with E-state index in [0.717, 1.165) is 0 Å². The van der Waals surface area contributed by atoms with Crippen molar-refractivity contribution in [2.75, 3.05) is 6.61 Å². The molecule has 0 amide bonds. The molecule has 2 unspecified atom stereocenters. The van der Waals surface area contributed by atoms with E-state index in [4.69, 9.17) is 13.7 Å². The summed E-state index contributed by atoms with van der Waals surface area (Å²) in [7, 11) is 0. The van der Waals surface area contributed by atoms with Crippen LogP contribution in [0.1, 0.15) is 46.0 Å². The van der Waals surface area contributed by atoms with Crippen LogP contribution in [-0.2, 0) is 22.9 Å². The van der Waals surface area contributed by atoms with Crippen molar-refractivity contribution in [3.8, 4) is 0 Å². The van der Waals surface area contributed by atoms with Crippen LogP contribution in [0.5, 0.6) is 0 Å². The van der Waals surface area contributed by atoms with Crippen LogP contribution >= 0.6 is 0 Å². The molecule has 19 heavy (non-hydrogen) atoms. The van der Waals surface area contributed by atoms with E-state index in [0.29, 0.717) is 19.3 Å². The van der Waals surface area contributed by atoms with E-state index in [-0.39, 0.29) is 36.7 Å². The molecule has 0 aliphatic rings. The van der Waals surface area contributed by atoms with E-state index < -0.39 is 20.3 Å². The summed E-state index contributed by atoms with van der Waals surface area (Å²) in [5.74, 6) is -0.725. The van der Waals surface area contributed by atoms with Gasteiger partial charge in [-0.2, -0.15) is 0 Å². The Morgan fingerprint density at radius 2 is 1.74 bits per heavy atom. The zero-order chi connectivity index (χ0) is 14.7. The van der Waals surface area contributed by atoms with Crippen LogP contribution < -0.4 is 0 Å². The summed E-state index contributed by atoms with van der Waals surface area (Å²) in [6, 6.07) is 0. The summed E-state index contributed by atoms with van der Waals surface area (Å²) in [6.45, 7) is 3.66. The van der Waals surface area contributed by atoms with Gasteiger partial charge in [0.15, 0.2) is 0 Å². The van der Waals surface area contributed by atoms with Gasteiger partial charge in [-0.25, -0.2) is 0 Å². The van der Waals surface area contributed by atoms with E-state index in [1.54, 1.807) is 0 Å². The van der Waals surface area contributed by atoms with Gasteiger partial charge in [0.25, 0.3) is 0 Å². The van der Waals surface area contributed by atoms with Crippen LogP contribution in [0.2, 0.25) is 5.32 Å². The fourth-order valence-electron chi connectivity index (χ4n) is 1.32. The van der Waals surface area contributed by atoms with Gasteiger partial charge < -0.3 is 0 Å². The van der Waals surface area contributed by atoms with Crippen molar-refractivity contribution in [2.24, 2.45) is 0 Å². The summed E-state index contributed by atoms with van der Waals surface area (Å²) in [5.41, 5.74) is 0. The summed E-state index contributed by atoms with van der Waals surface area (Å²) < 4.78 is 29.6. The van der Waals surface area contributed by atoms with Gasteiger partial charge in [0.05, 0.1) is 0 Å². The number of ether oxygens (including phenoxy) is 2. The number of hydrogen-bond donors (Lipinski definition) is 1. The van der Waals surface area contributed by atoms with Gasteiger partial charge in [-0.05, 0) is 0 Å². The molecule has 0 rings (SSSR count). The maximum atomic E-state index is 11.4. The fourth-order valence-corrected chi connectivity index (χ4v) is 2.29. The third-order valence-electron chi connectivity index (χ3n) is 2.25. The first-order chi connectivity index (χ1) is 8.99. The molecule has 0 aromatic heterocycles. The van der Waals surface area contributed by atoms with Crippen LogP contribution in [0.15, 0.2) is 0 Å². The maximum absolute atomic E-state index is 11.4. The number of carbonyl (C=O) groups is 2. The third kappa shape index (κ3) is 10.8. The standard InChI is InChI=1S/C12H22O6Se/c1-3-5-11(13)17-9-10(7-8-19(15)16)18-12(14)6-4-2/h10H,3-9H2,1-2H3,(H,15,16). The molecule has 112 valence electrons. The van der Waals surface area contributed by atoms with Crippen molar-refractivity contribution in [3.05, 3.63) is 0 Å². The second-order valence-electron chi connectivity index (χ2n) is 4.11. The molecule has 0 heterocycles. The van der Waals surface area contributed by atoms with Crippen LogP contribution in [0, 0.1) is 0 Å². The molecule has 0 aromatic rings. The van der Waals surface area contributed by atoms with E-state index in [1.165, 1.54) is 0 Å². The second kappa shape index (κ2) is 11.1. The number of esters is 2. The van der Waals surface area contributed by atoms with E-state index in [1.807, 2.05) is 13.8 Å². The molecule has 0 saturated carbocycles. The Balaban J connectivity index is 4.20. The number of rotatable bonds is 10. The van der Waals surface area contributed by atoms with Crippen molar-refractivity contribution in [1.82, 2.24) is 0 Å². The van der Waals surface area contributed by atoms with Crippen molar-refractivity contribution >= 4 is 26.1 Å². The topological polar surface area (TPSA) is 89.9 Å². The van der Waals surface area contributed by atoms with Gasteiger partial charge in [0, 0.05) is 0 Å². The first-order valence-corrected chi connectivity index (χ1v) is 9.09. The molecule has 0 saturated heterocycles. The van der Waals surface area contributed by atoms with Crippen molar-refractivity contribution in [1.29, 1.82) is 0 Å². The van der Waals surface area contributed by atoms with Crippen molar-refractivity contribution in [2.45, 2.75) is 57.4 Å². The molecule has 0 spiro atoms. The minimum absolute atomic E-state index is 0.0484. The van der Waals surface area contributed by atoms with Gasteiger partial charge in [-0.3, -0.25) is 0 Å². The first kappa shape index (κ1) is 18.2. The zero-order valence-electron chi connectivity index (χ0n) is 11.4. The molecule has 0 aliphatic carbocycles. The molecular formula is C12H22O6Se. The zero-order valence-corrected chi connectivity index (χ0v) is 13.1. The van der Waals surface area contributed by atoms with Crippen LogP contribution in [0.25, 0.3) is 0 Å². The Morgan fingerprint density at radius 1 is 1.16 bits per heavy atom. The summed E-state index contributed by atoms with van der Waals surface area (Å²) in [6.07, 6.45) is 1.55. The quantitative estimate of drug-likeness (QED) is 0.476. The van der Waals surface area contributed by atoms with Gasteiger partial charge in [-0.1, -0.05) is 0 Å². The SMILES string of the molecule is CCCC(=O)OCC(CC[Se](=O)O)OC(=O)CCC. The minimum atomic E-state index is -2.81. The average Bonchev–Trinajstić information content (AvgIpc) is 2.33. The van der Waals surface area contributed by atoms with E-state index in [9.17, 15) is 13.4 Å². The monoisotopic (exact) mass is 342 g/mol. The van der Waals surface area contributed by atoms with Crippen molar-refractivity contribution in [3.63, 3.8) is 0 Å². The molecule has 2 atom stereocenters. The van der Waals surface area contributed by atoms with Crippen LogP contribution in [0.3, 0.4) is 0 Å². The number of carbonyl (C=O) groups excluding carboxylic acids is 2. The molecule has 0 aliphatic heterocycles. The molecule has 0 bridgehead atoms. The predicted octanol–water partition coefficient (Wildman–Crippen LogP) is 1.34. The molecule has 1 N–H and O–H groups in total. The Morgan fingerprint density at radius 3 is 2.26 bits per heavy atom. The number of hydrogen-bond acceptors (Lipinski definition) is 5. The summed E-state index contributed by atoms with van der Waals surface area (Å²) in [5, 5.41) is 0.0788. The Labute approximate surface area is 117 Å². The van der Waals surface area contributed by atoms with Crippen LogP contribution in [0.4, 0.5) is 0 Å². The summed E-state index contributed by atoms with van der Waals surface area (Å²) >= 11 is -2.81. The van der Waals surface area contributed by atoms with Gasteiger partial charge >= 0.3 is 117 Å². The third-order valence-corrected chi connectivity index (χ3v) is 3.48. The van der Waals surface area contributed by atoms with Gasteiger partial charge in [0.2, 0.25) is 0 Å². The van der Waals surface area contributed by atoms with Gasteiger partial charge in [-0.15, -0.1) is 0 Å².